The van der Waals surface area contributed by atoms with Crippen molar-refractivity contribution in [2.75, 3.05) is 13.6 Å². The summed E-state index contributed by atoms with van der Waals surface area (Å²) in [5.74, 6) is -0.852. The van der Waals surface area contributed by atoms with Crippen molar-refractivity contribution >= 4 is 45.0 Å². The summed E-state index contributed by atoms with van der Waals surface area (Å²) in [4.78, 5) is 27.4. The van der Waals surface area contributed by atoms with Crippen LogP contribution in [0.25, 0.3) is 0 Å². The summed E-state index contributed by atoms with van der Waals surface area (Å²) in [6, 6.07) is 11.8. The van der Waals surface area contributed by atoms with Crippen LogP contribution in [0.4, 0.5) is 0 Å². The van der Waals surface area contributed by atoms with E-state index >= 15 is 0 Å². The Morgan fingerprint density at radius 3 is 2.21 bits per heavy atom. The van der Waals surface area contributed by atoms with Gasteiger partial charge in [0.05, 0.1) is 11.4 Å². The number of carbonyl (C=O) groups is 2. The highest BCUT2D eigenvalue weighted by Crippen LogP contribution is 2.21. The van der Waals surface area contributed by atoms with Gasteiger partial charge in [-0.25, -0.2) is 8.42 Å². The molecule has 1 N–H and O–H groups in total. The van der Waals surface area contributed by atoms with E-state index in [1.54, 1.807) is 31.2 Å². The Labute approximate surface area is 205 Å². The van der Waals surface area contributed by atoms with Gasteiger partial charge in [-0.1, -0.05) is 48.3 Å². The van der Waals surface area contributed by atoms with Crippen molar-refractivity contribution in [3.63, 3.8) is 0 Å². The van der Waals surface area contributed by atoms with Crippen molar-refractivity contribution in [1.82, 2.24) is 14.5 Å². The third kappa shape index (κ3) is 7.17. The zero-order chi connectivity index (χ0) is 24.8. The summed E-state index contributed by atoms with van der Waals surface area (Å²) in [7, 11) is -2.61. The van der Waals surface area contributed by atoms with Gasteiger partial charge in [0.25, 0.3) is 0 Å². The maximum absolute atomic E-state index is 13.3. The van der Waals surface area contributed by atoms with E-state index < -0.39 is 28.5 Å². The van der Waals surface area contributed by atoms with E-state index in [0.29, 0.717) is 15.6 Å². The first-order valence-corrected chi connectivity index (χ1v) is 12.7. The van der Waals surface area contributed by atoms with Crippen molar-refractivity contribution < 1.29 is 18.0 Å². The summed E-state index contributed by atoms with van der Waals surface area (Å²) >= 11 is 12.1. The number of nitrogens with zero attached hydrogens (tertiary/aromatic N) is 2. The minimum absolute atomic E-state index is 0.0161. The molecule has 10 heteroatoms. The molecule has 2 aromatic carbocycles. The molecule has 2 rings (SSSR count). The number of hydrogen-bond acceptors (Lipinski definition) is 4. The molecule has 0 bridgehead atoms. The zero-order valence-electron chi connectivity index (χ0n) is 19.1. The number of sulfonamides is 1. The van der Waals surface area contributed by atoms with E-state index in [1.165, 1.54) is 36.2 Å². The molecule has 0 fully saturated rings. The fourth-order valence-corrected chi connectivity index (χ4v) is 4.45. The lowest BCUT2D eigenvalue weighted by Gasteiger charge is -2.31. The highest BCUT2D eigenvalue weighted by atomic mass is 35.5. The van der Waals surface area contributed by atoms with Crippen LogP contribution in [0, 0.1) is 0 Å². The molecule has 0 radical (unpaired) electrons. The van der Waals surface area contributed by atoms with Crippen LogP contribution in [0.15, 0.2) is 53.4 Å². The number of hydrogen-bond donors (Lipinski definition) is 1. The fourth-order valence-electron chi connectivity index (χ4n) is 3.01. The molecule has 2 atom stereocenters. The molecule has 0 aliphatic carbocycles. The van der Waals surface area contributed by atoms with Crippen LogP contribution >= 0.6 is 23.2 Å². The normalized spacial score (nSPS) is 13.4. The van der Waals surface area contributed by atoms with Gasteiger partial charge in [0.2, 0.25) is 21.8 Å². The predicted molar refractivity (Wildman–Crippen MR) is 131 cm³/mol. The third-order valence-corrected chi connectivity index (χ3v) is 7.78. The van der Waals surface area contributed by atoms with Crippen LogP contribution in [-0.2, 0) is 26.2 Å². The van der Waals surface area contributed by atoms with Gasteiger partial charge in [0, 0.05) is 29.7 Å². The second kappa shape index (κ2) is 11.8. The molecule has 0 saturated heterocycles. The third-order valence-electron chi connectivity index (χ3n) is 5.35. The Kier molecular flexibility index (Phi) is 9.72. The maximum atomic E-state index is 13.3. The van der Waals surface area contributed by atoms with Crippen LogP contribution in [0.1, 0.15) is 32.8 Å². The van der Waals surface area contributed by atoms with E-state index in [1.807, 2.05) is 13.8 Å². The summed E-state index contributed by atoms with van der Waals surface area (Å²) < 4.78 is 26.8. The lowest BCUT2D eigenvalue weighted by Crippen LogP contribution is -2.51. The molecule has 0 spiro atoms. The van der Waals surface area contributed by atoms with E-state index in [4.69, 9.17) is 23.2 Å². The Morgan fingerprint density at radius 2 is 1.64 bits per heavy atom. The minimum atomic E-state index is -3.93. The molecule has 180 valence electrons. The van der Waals surface area contributed by atoms with E-state index in [9.17, 15) is 18.0 Å². The molecular weight excluding hydrogens is 485 g/mol. The number of halogens is 2. The van der Waals surface area contributed by atoms with Gasteiger partial charge in [0.1, 0.15) is 6.04 Å². The Balaban J connectivity index is 2.29. The number of carbonyl (C=O) groups excluding carboxylic acids is 2. The lowest BCUT2D eigenvalue weighted by atomic mass is 10.1. The highest BCUT2D eigenvalue weighted by molar-refractivity contribution is 7.89. The van der Waals surface area contributed by atoms with Crippen molar-refractivity contribution in [3.8, 4) is 0 Å². The topological polar surface area (TPSA) is 86.8 Å². The molecular formula is C23H29Cl2N3O4S. The number of likely N-dealkylation sites (N-methyl/N-ethyl adjacent to an activating group) is 1. The summed E-state index contributed by atoms with van der Waals surface area (Å²) in [6.07, 6.45) is 0.735. The number of amides is 2. The first-order chi connectivity index (χ1) is 15.5. The van der Waals surface area contributed by atoms with Crippen LogP contribution in [0.5, 0.6) is 0 Å². The molecule has 0 aliphatic heterocycles. The molecule has 2 aromatic rings. The van der Waals surface area contributed by atoms with Gasteiger partial charge in [-0.2, -0.15) is 4.31 Å². The minimum Gasteiger partial charge on any atom is -0.352 e. The SMILES string of the molecule is CC[C@H](C)NC(=O)[C@@H](C)N(Cc1ccccc1Cl)C(=O)CN(C)S(=O)(=O)c1ccc(Cl)cc1. The molecule has 0 heterocycles. The van der Waals surface area contributed by atoms with Crippen LogP contribution in [-0.4, -0.2) is 55.1 Å². The first-order valence-electron chi connectivity index (χ1n) is 10.5. The summed E-state index contributed by atoms with van der Waals surface area (Å²) in [5, 5.41) is 3.72. The molecule has 0 saturated carbocycles. The zero-order valence-corrected chi connectivity index (χ0v) is 21.4. The van der Waals surface area contributed by atoms with Crippen molar-refractivity contribution in [2.45, 2.75) is 50.7 Å². The second-order valence-corrected chi connectivity index (χ2v) is 10.7. The fraction of sp³-hybridized carbons (Fsp3) is 0.391. The molecule has 0 unspecified atom stereocenters. The van der Waals surface area contributed by atoms with Crippen LogP contribution in [0.2, 0.25) is 10.0 Å². The monoisotopic (exact) mass is 513 g/mol. The van der Waals surface area contributed by atoms with E-state index in [2.05, 4.69) is 5.32 Å². The summed E-state index contributed by atoms with van der Waals surface area (Å²) in [5.41, 5.74) is 0.652. The second-order valence-electron chi connectivity index (χ2n) is 7.82. The summed E-state index contributed by atoms with van der Waals surface area (Å²) in [6.45, 7) is 5.04. The van der Waals surface area contributed by atoms with Crippen molar-refractivity contribution in [2.24, 2.45) is 0 Å². The van der Waals surface area contributed by atoms with Gasteiger partial charge < -0.3 is 10.2 Å². The van der Waals surface area contributed by atoms with Crippen molar-refractivity contribution in [3.05, 3.63) is 64.1 Å². The van der Waals surface area contributed by atoms with Gasteiger partial charge in [-0.3, -0.25) is 9.59 Å². The van der Waals surface area contributed by atoms with Gasteiger partial charge in [-0.05, 0) is 56.2 Å². The van der Waals surface area contributed by atoms with Crippen LogP contribution < -0.4 is 5.32 Å². The van der Waals surface area contributed by atoms with Gasteiger partial charge >= 0.3 is 0 Å². The standard InChI is InChI=1S/C23H29Cl2N3O4S/c1-5-16(2)26-23(30)17(3)28(14-18-8-6-7-9-21(18)25)22(29)15-27(4)33(31,32)20-12-10-19(24)11-13-20/h6-13,16-17H,5,14-15H2,1-4H3,(H,26,30)/t16-,17+/m0/s1. The molecule has 2 amide bonds. The average molecular weight is 514 g/mol. The van der Waals surface area contributed by atoms with Crippen LogP contribution in [0.3, 0.4) is 0 Å². The molecule has 0 aliphatic rings. The smallest absolute Gasteiger partial charge is 0.243 e. The number of nitrogens with one attached hydrogen (secondary N) is 1. The quantitative estimate of drug-likeness (QED) is 0.521. The van der Waals surface area contributed by atoms with Gasteiger partial charge in [-0.15, -0.1) is 0 Å². The van der Waals surface area contributed by atoms with E-state index in [0.717, 1.165) is 10.7 Å². The maximum Gasteiger partial charge on any atom is 0.243 e. The molecule has 7 nitrogen and oxygen atoms in total. The van der Waals surface area contributed by atoms with Crippen molar-refractivity contribution in [1.29, 1.82) is 0 Å². The molecule has 33 heavy (non-hydrogen) atoms. The van der Waals surface area contributed by atoms with Gasteiger partial charge in [0.15, 0.2) is 0 Å². The lowest BCUT2D eigenvalue weighted by molar-refractivity contribution is -0.140. The average Bonchev–Trinajstić information content (AvgIpc) is 2.78. The Bertz CT molecular complexity index is 1080. The predicted octanol–water partition coefficient (Wildman–Crippen LogP) is 3.95. The molecule has 0 aromatic heterocycles. The Hall–Kier alpha value is -2.13. The number of rotatable bonds is 10. The first kappa shape index (κ1) is 27.1. The Morgan fingerprint density at radius 1 is 1.03 bits per heavy atom. The largest absolute Gasteiger partial charge is 0.352 e. The van der Waals surface area contributed by atoms with E-state index in [-0.39, 0.29) is 23.4 Å². The number of benzene rings is 2. The highest BCUT2D eigenvalue weighted by Gasteiger charge is 2.30.